The second-order valence-electron chi connectivity index (χ2n) is 5.34. The van der Waals surface area contributed by atoms with Crippen LogP contribution in [0.2, 0.25) is 0 Å². The van der Waals surface area contributed by atoms with Crippen LogP contribution < -0.4 is 10.6 Å². The lowest BCUT2D eigenvalue weighted by atomic mass is 10.1. The molecule has 0 radical (unpaired) electrons. The first-order valence-electron chi connectivity index (χ1n) is 7.25. The van der Waals surface area contributed by atoms with Crippen molar-refractivity contribution in [3.8, 4) is 0 Å². The molecule has 0 fully saturated rings. The van der Waals surface area contributed by atoms with Gasteiger partial charge in [0.15, 0.2) is 0 Å². The molecule has 4 aromatic rings. The minimum absolute atomic E-state index is 0.768. The van der Waals surface area contributed by atoms with E-state index in [-0.39, 0.29) is 0 Å². The summed E-state index contributed by atoms with van der Waals surface area (Å²) in [7, 11) is -1.82. The Hall–Kier alpha value is -2.24. The molecule has 0 saturated carbocycles. The monoisotopic (exact) mass is 304 g/mol. The third-order valence-corrected chi connectivity index (χ3v) is 5.38. The van der Waals surface area contributed by atoms with Gasteiger partial charge in [0, 0.05) is 10.6 Å². The van der Waals surface area contributed by atoms with Crippen LogP contribution in [-0.2, 0) is 0 Å². The highest BCUT2D eigenvalue weighted by Gasteiger charge is 2.14. The van der Waals surface area contributed by atoms with E-state index in [1.54, 1.807) is 0 Å². The highest BCUT2D eigenvalue weighted by atomic mass is 31.2. The molecule has 0 aliphatic heterocycles. The average Bonchev–Trinajstić information content (AvgIpc) is 2.60. The van der Waals surface area contributed by atoms with Crippen molar-refractivity contribution in [3.05, 3.63) is 84.9 Å². The average molecular weight is 304 g/mol. The summed E-state index contributed by atoms with van der Waals surface area (Å²) >= 11 is 0. The summed E-state index contributed by atoms with van der Waals surface area (Å²) in [5.74, 6) is 0. The highest BCUT2D eigenvalue weighted by Crippen LogP contribution is 2.36. The summed E-state index contributed by atoms with van der Waals surface area (Å²) in [4.78, 5) is 0. The van der Waals surface area contributed by atoms with Gasteiger partial charge in [-0.15, -0.1) is 0 Å². The van der Waals surface area contributed by atoms with Crippen molar-refractivity contribution >= 4 is 40.4 Å². The van der Waals surface area contributed by atoms with E-state index in [2.05, 4.69) is 12.1 Å². The first kappa shape index (κ1) is 13.4. The molecular weight excluding hydrogens is 290 g/mol. The maximum absolute atomic E-state index is 15.0. The third kappa shape index (κ3) is 2.38. The van der Waals surface area contributed by atoms with E-state index >= 15 is 0 Å². The van der Waals surface area contributed by atoms with Gasteiger partial charge in [-0.05, 0) is 33.7 Å². The summed E-state index contributed by atoms with van der Waals surface area (Å²) in [6.45, 7) is 0. The lowest BCUT2D eigenvalue weighted by molar-refractivity contribution is 0.916. The molecule has 0 saturated heterocycles. The summed E-state index contributed by atoms with van der Waals surface area (Å²) < 4.78 is 15.0. The van der Waals surface area contributed by atoms with Crippen LogP contribution in [-0.4, -0.2) is 0 Å². The summed E-state index contributed by atoms with van der Waals surface area (Å²) in [5.41, 5.74) is 0. The second-order valence-corrected chi connectivity index (χ2v) is 6.94. The molecule has 0 aliphatic rings. The van der Waals surface area contributed by atoms with Crippen LogP contribution in [0.5, 0.6) is 0 Å². The van der Waals surface area contributed by atoms with Gasteiger partial charge < -0.3 is 0 Å². The Morgan fingerprint density at radius 1 is 0.500 bits per heavy atom. The van der Waals surface area contributed by atoms with Gasteiger partial charge in [-0.3, -0.25) is 0 Å². The van der Waals surface area contributed by atoms with Crippen LogP contribution in [0.15, 0.2) is 84.9 Å². The Kier molecular flexibility index (Phi) is 3.36. The minimum Gasteiger partial charge on any atom is -0.217 e. The van der Waals surface area contributed by atoms with Crippen LogP contribution in [0.3, 0.4) is 0 Å². The SMILES string of the molecule is FP(c1ccc2ccccc2c1)c1ccc2ccccc2c1. The molecule has 0 amide bonds. The molecule has 22 heavy (non-hydrogen) atoms. The largest absolute Gasteiger partial charge is 0.217 e. The van der Waals surface area contributed by atoms with Crippen LogP contribution in [0, 0.1) is 0 Å². The standard InChI is InChI=1S/C20H14FP/c21-22(19-11-9-15-5-1-3-7-17(15)13-19)20-12-10-16-6-2-4-8-18(16)14-20/h1-14H. The molecule has 0 nitrogen and oxygen atoms in total. The number of hydrogen-bond acceptors (Lipinski definition) is 0. The van der Waals surface area contributed by atoms with Gasteiger partial charge in [0.2, 0.25) is 0 Å². The van der Waals surface area contributed by atoms with Crippen molar-refractivity contribution < 1.29 is 4.20 Å². The first-order valence-corrected chi connectivity index (χ1v) is 8.48. The number of fused-ring (bicyclic) bond motifs is 2. The van der Waals surface area contributed by atoms with Gasteiger partial charge in [0.25, 0.3) is 0 Å². The predicted molar refractivity (Wildman–Crippen MR) is 95.2 cm³/mol. The minimum atomic E-state index is -1.82. The van der Waals surface area contributed by atoms with E-state index in [0.29, 0.717) is 0 Å². The summed E-state index contributed by atoms with van der Waals surface area (Å²) in [5, 5.41) is 6.01. The molecule has 4 aromatic carbocycles. The first-order chi connectivity index (χ1) is 10.8. The van der Waals surface area contributed by atoms with Gasteiger partial charge in [-0.25, -0.2) is 4.20 Å². The molecule has 0 unspecified atom stereocenters. The maximum Gasteiger partial charge on any atom is 0.144 e. The number of benzene rings is 4. The van der Waals surface area contributed by atoms with E-state index in [1.165, 1.54) is 0 Å². The molecule has 4 rings (SSSR count). The number of rotatable bonds is 2. The molecule has 0 heterocycles. The fraction of sp³-hybridized carbons (Fsp3) is 0. The van der Waals surface area contributed by atoms with Crippen LogP contribution >= 0.6 is 8.23 Å². The Morgan fingerprint density at radius 2 is 0.909 bits per heavy atom. The van der Waals surface area contributed by atoms with Gasteiger partial charge in [0.05, 0.1) is 0 Å². The molecule has 0 aliphatic carbocycles. The van der Waals surface area contributed by atoms with Gasteiger partial charge >= 0.3 is 0 Å². The predicted octanol–water partition coefficient (Wildman–Crippen LogP) is 5.31. The second kappa shape index (κ2) is 5.51. The smallest absolute Gasteiger partial charge is 0.144 e. The molecule has 106 valence electrons. The summed E-state index contributed by atoms with van der Waals surface area (Å²) in [6, 6.07) is 27.9. The van der Waals surface area contributed by atoms with Gasteiger partial charge in [-0.1, -0.05) is 72.8 Å². The van der Waals surface area contributed by atoms with Crippen molar-refractivity contribution in [1.29, 1.82) is 0 Å². The van der Waals surface area contributed by atoms with E-state index in [1.807, 2.05) is 72.8 Å². The van der Waals surface area contributed by atoms with Gasteiger partial charge in [0.1, 0.15) is 8.23 Å². The topological polar surface area (TPSA) is 0 Å². The Balaban J connectivity index is 1.78. The van der Waals surface area contributed by atoms with Crippen molar-refractivity contribution in [2.75, 3.05) is 0 Å². The molecule has 0 spiro atoms. The van der Waals surface area contributed by atoms with Gasteiger partial charge in [-0.2, -0.15) is 0 Å². The lowest BCUT2D eigenvalue weighted by Gasteiger charge is -2.10. The molecular formula is C20H14FP. The summed E-state index contributed by atoms with van der Waals surface area (Å²) in [6.07, 6.45) is 0. The Labute approximate surface area is 130 Å². The Bertz CT molecular complexity index is 882. The molecule has 0 aromatic heterocycles. The van der Waals surface area contributed by atoms with Crippen molar-refractivity contribution in [2.45, 2.75) is 0 Å². The lowest BCUT2D eigenvalue weighted by Crippen LogP contribution is -2.08. The zero-order valence-corrected chi connectivity index (χ0v) is 12.8. The van der Waals surface area contributed by atoms with E-state index in [0.717, 1.165) is 32.2 Å². The quantitative estimate of drug-likeness (QED) is 0.440. The van der Waals surface area contributed by atoms with Crippen LogP contribution in [0.4, 0.5) is 4.20 Å². The van der Waals surface area contributed by atoms with Crippen LogP contribution in [0.25, 0.3) is 21.5 Å². The van der Waals surface area contributed by atoms with E-state index < -0.39 is 8.23 Å². The van der Waals surface area contributed by atoms with Crippen LogP contribution in [0.1, 0.15) is 0 Å². The Morgan fingerprint density at radius 3 is 1.36 bits per heavy atom. The fourth-order valence-electron chi connectivity index (χ4n) is 2.75. The zero-order chi connectivity index (χ0) is 14.9. The molecule has 0 N–H and O–H groups in total. The van der Waals surface area contributed by atoms with Crippen molar-refractivity contribution in [1.82, 2.24) is 0 Å². The van der Waals surface area contributed by atoms with E-state index in [4.69, 9.17) is 0 Å². The third-order valence-electron chi connectivity index (χ3n) is 3.92. The molecule has 0 bridgehead atoms. The van der Waals surface area contributed by atoms with Crippen molar-refractivity contribution in [2.24, 2.45) is 0 Å². The maximum atomic E-state index is 15.0. The fourth-order valence-corrected chi connectivity index (χ4v) is 3.96. The molecule has 0 atom stereocenters. The molecule has 2 heteroatoms. The number of hydrogen-bond donors (Lipinski definition) is 0. The normalized spacial score (nSPS) is 11.4. The number of halogens is 1. The highest BCUT2D eigenvalue weighted by molar-refractivity contribution is 7.68. The zero-order valence-electron chi connectivity index (χ0n) is 11.9. The van der Waals surface area contributed by atoms with E-state index in [9.17, 15) is 4.20 Å². The van der Waals surface area contributed by atoms with Crippen molar-refractivity contribution in [3.63, 3.8) is 0 Å².